The van der Waals surface area contributed by atoms with E-state index in [2.05, 4.69) is 19.8 Å². The van der Waals surface area contributed by atoms with E-state index in [1.54, 1.807) is 19.5 Å². The third-order valence-corrected chi connectivity index (χ3v) is 4.23. The molecule has 8 heteroatoms. The van der Waals surface area contributed by atoms with Gasteiger partial charge < -0.3 is 19.3 Å². The second kappa shape index (κ2) is 7.56. The number of hydrogen-bond donors (Lipinski definition) is 0. The minimum absolute atomic E-state index is 0.197. The fraction of sp³-hybridized carbons (Fsp3) is 0.667. The van der Waals surface area contributed by atoms with Crippen molar-refractivity contribution in [1.29, 1.82) is 0 Å². The Balaban J connectivity index is 1.46. The summed E-state index contributed by atoms with van der Waals surface area (Å²) in [5.41, 5.74) is 0. The van der Waals surface area contributed by atoms with E-state index in [0.717, 1.165) is 26.2 Å². The molecule has 3 rings (SSSR count). The second-order valence-corrected chi connectivity index (χ2v) is 5.68. The van der Waals surface area contributed by atoms with Crippen LogP contribution < -0.4 is 9.64 Å². The van der Waals surface area contributed by atoms with Crippen molar-refractivity contribution < 1.29 is 14.3 Å². The fourth-order valence-electron chi connectivity index (χ4n) is 2.79. The van der Waals surface area contributed by atoms with Gasteiger partial charge in [-0.05, 0) is 0 Å². The highest BCUT2D eigenvalue weighted by atomic mass is 16.5. The van der Waals surface area contributed by atoms with Crippen LogP contribution in [-0.2, 0) is 9.53 Å². The fourth-order valence-corrected chi connectivity index (χ4v) is 2.79. The van der Waals surface area contributed by atoms with Crippen LogP contribution in [-0.4, -0.2) is 91.8 Å². The number of ether oxygens (including phenoxy) is 2. The number of aromatic nitrogens is 2. The smallest absolute Gasteiger partial charge is 0.236 e. The van der Waals surface area contributed by atoms with E-state index < -0.39 is 0 Å². The predicted octanol–water partition coefficient (Wildman–Crippen LogP) is -0.534. The molecule has 0 spiro atoms. The van der Waals surface area contributed by atoms with Crippen molar-refractivity contribution in [3.8, 4) is 5.75 Å². The molecule has 1 aromatic rings. The lowest BCUT2D eigenvalue weighted by Gasteiger charge is -2.36. The summed E-state index contributed by atoms with van der Waals surface area (Å²) < 4.78 is 10.4. The summed E-state index contributed by atoms with van der Waals surface area (Å²) >= 11 is 0. The lowest BCUT2D eigenvalue weighted by molar-refractivity contribution is -0.136. The number of carbonyl (C=O) groups excluding carboxylic acids is 1. The van der Waals surface area contributed by atoms with Crippen LogP contribution in [0.5, 0.6) is 5.75 Å². The first-order chi connectivity index (χ1) is 11.3. The monoisotopic (exact) mass is 321 g/mol. The van der Waals surface area contributed by atoms with E-state index >= 15 is 0 Å². The maximum atomic E-state index is 12.3. The highest BCUT2D eigenvalue weighted by Crippen LogP contribution is 2.13. The van der Waals surface area contributed by atoms with Crippen LogP contribution in [0, 0.1) is 0 Å². The second-order valence-electron chi connectivity index (χ2n) is 5.68. The standard InChI is InChI=1S/C15H23N5O3/c1-22-13-10-16-15(17-11-13)20-4-2-18(3-5-20)12-14(21)19-6-8-23-9-7-19/h10-11H,2-9,12H2,1H3. The average Bonchev–Trinajstić information content (AvgIpc) is 2.63. The number of morpholine rings is 1. The summed E-state index contributed by atoms with van der Waals surface area (Å²) in [6.45, 7) is 6.51. The molecule has 126 valence electrons. The summed E-state index contributed by atoms with van der Waals surface area (Å²) in [6.07, 6.45) is 3.35. The third kappa shape index (κ3) is 4.08. The zero-order chi connectivity index (χ0) is 16.1. The van der Waals surface area contributed by atoms with Crippen molar-refractivity contribution in [1.82, 2.24) is 19.8 Å². The maximum Gasteiger partial charge on any atom is 0.236 e. The Morgan fingerprint density at radius 2 is 1.78 bits per heavy atom. The lowest BCUT2D eigenvalue weighted by Crippen LogP contribution is -2.51. The molecule has 1 aromatic heterocycles. The molecule has 0 saturated carbocycles. The minimum Gasteiger partial charge on any atom is -0.494 e. The average molecular weight is 321 g/mol. The zero-order valence-corrected chi connectivity index (χ0v) is 13.5. The molecule has 2 saturated heterocycles. The lowest BCUT2D eigenvalue weighted by atomic mass is 10.3. The van der Waals surface area contributed by atoms with Gasteiger partial charge in [-0.15, -0.1) is 0 Å². The van der Waals surface area contributed by atoms with Crippen molar-refractivity contribution in [2.45, 2.75) is 0 Å². The summed E-state index contributed by atoms with van der Waals surface area (Å²) in [5.74, 6) is 1.57. The Hall–Kier alpha value is -1.93. The Kier molecular flexibility index (Phi) is 5.24. The van der Waals surface area contributed by atoms with Gasteiger partial charge >= 0.3 is 0 Å². The Labute approximate surface area is 136 Å². The quantitative estimate of drug-likeness (QED) is 0.738. The molecule has 2 fully saturated rings. The van der Waals surface area contributed by atoms with Gasteiger partial charge in [-0.25, -0.2) is 9.97 Å². The molecule has 0 aromatic carbocycles. The van der Waals surface area contributed by atoms with Gasteiger partial charge in [-0.2, -0.15) is 0 Å². The molecule has 2 aliphatic heterocycles. The summed E-state index contributed by atoms with van der Waals surface area (Å²) in [5, 5.41) is 0. The number of hydrogen-bond acceptors (Lipinski definition) is 7. The van der Waals surface area contributed by atoms with E-state index in [1.165, 1.54) is 0 Å². The van der Waals surface area contributed by atoms with Crippen LogP contribution in [0.1, 0.15) is 0 Å². The SMILES string of the molecule is COc1cnc(N2CCN(CC(=O)N3CCOCC3)CC2)nc1. The number of nitrogens with zero attached hydrogens (tertiary/aromatic N) is 5. The first kappa shape index (κ1) is 15.9. The highest BCUT2D eigenvalue weighted by Gasteiger charge is 2.23. The number of anilines is 1. The van der Waals surface area contributed by atoms with E-state index in [4.69, 9.17) is 9.47 Å². The van der Waals surface area contributed by atoms with Crippen LogP contribution in [0.4, 0.5) is 5.95 Å². The van der Waals surface area contributed by atoms with Gasteiger partial charge in [0.25, 0.3) is 0 Å². The van der Waals surface area contributed by atoms with E-state index in [0.29, 0.717) is 44.5 Å². The molecular formula is C15H23N5O3. The van der Waals surface area contributed by atoms with Crippen LogP contribution in [0.3, 0.4) is 0 Å². The first-order valence-electron chi connectivity index (χ1n) is 7.95. The van der Waals surface area contributed by atoms with E-state index in [-0.39, 0.29) is 5.91 Å². The summed E-state index contributed by atoms with van der Waals surface area (Å²) in [6, 6.07) is 0. The van der Waals surface area contributed by atoms with Gasteiger partial charge in [0.1, 0.15) is 0 Å². The van der Waals surface area contributed by atoms with Gasteiger partial charge in [0, 0.05) is 39.3 Å². The first-order valence-corrected chi connectivity index (χ1v) is 7.95. The molecule has 0 unspecified atom stereocenters. The molecule has 2 aliphatic rings. The van der Waals surface area contributed by atoms with Crippen molar-refractivity contribution >= 4 is 11.9 Å². The highest BCUT2D eigenvalue weighted by molar-refractivity contribution is 5.78. The van der Waals surface area contributed by atoms with Gasteiger partial charge in [-0.3, -0.25) is 9.69 Å². The molecule has 3 heterocycles. The van der Waals surface area contributed by atoms with Crippen molar-refractivity contribution in [2.75, 3.05) is 71.0 Å². The maximum absolute atomic E-state index is 12.3. The molecule has 0 radical (unpaired) electrons. The topological polar surface area (TPSA) is 71.0 Å². The zero-order valence-electron chi connectivity index (χ0n) is 13.5. The van der Waals surface area contributed by atoms with E-state index in [9.17, 15) is 4.79 Å². The number of methoxy groups -OCH3 is 1. The Morgan fingerprint density at radius 3 is 2.39 bits per heavy atom. The number of piperazine rings is 1. The molecule has 23 heavy (non-hydrogen) atoms. The molecule has 8 nitrogen and oxygen atoms in total. The van der Waals surface area contributed by atoms with Crippen LogP contribution in [0.15, 0.2) is 12.4 Å². The van der Waals surface area contributed by atoms with Gasteiger partial charge in [0.15, 0.2) is 5.75 Å². The van der Waals surface area contributed by atoms with Gasteiger partial charge in [0.05, 0.1) is 39.3 Å². The minimum atomic E-state index is 0.197. The van der Waals surface area contributed by atoms with Crippen molar-refractivity contribution in [2.24, 2.45) is 0 Å². The van der Waals surface area contributed by atoms with E-state index in [1.807, 2.05) is 4.90 Å². The summed E-state index contributed by atoms with van der Waals surface area (Å²) in [4.78, 5) is 27.1. The van der Waals surface area contributed by atoms with Gasteiger partial charge in [-0.1, -0.05) is 0 Å². The molecule has 0 N–H and O–H groups in total. The largest absolute Gasteiger partial charge is 0.494 e. The molecule has 0 aliphatic carbocycles. The Bertz CT molecular complexity index is 510. The third-order valence-electron chi connectivity index (χ3n) is 4.23. The molecule has 1 amide bonds. The van der Waals surface area contributed by atoms with Gasteiger partial charge in [0.2, 0.25) is 11.9 Å². The molecular weight excluding hydrogens is 298 g/mol. The summed E-state index contributed by atoms with van der Waals surface area (Å²) in [7, 11) is 1.60. The van der Waals surface area contributed by atoms with Crippen LogP contribution >= 0.6 is 0 Å². The van der Waals surface area contributed by atoms with Crippen LogP contribution in [0.2, 0.25) is 0 Å². The normalized spacial score (nSPS) is 19.7. The predicted molar refractivity (Wildman–Crippen MR) is 84.6 cm³/mol. The van der Waals surface area contributed by atoms with Crippen molar-refractivity contribution in [3.63, 3.8) is 0 Å². The number of rotatable bonds is 4. The molecule has 0 atom stereocenters. The Morgan fingerprint density at radius 1 is 1.13 bits per heavy atom. The molecule has 0 bridgehead atoms. The van der Waals surface area contributed by atoms with Crippen molar-refractivity contribution in [3.05, 3.63) is 12.4 Å². The van der Waals surface area contributed by atoms with Crippen LogP contribution in [0.25, 0.3) is 0 Å². The number of amides is 1. The number of carbonyl (C=O) groups is 1.